The highest BCUT2D eigenvalue weighted by molar-refractivity contribution is 8.05. The number of anilines is 1. The smallest absolute Gasteiger partial charge is 0.353 e. The Kier molecular flexibility index (Phi) is 5.11. The number of hydrogen-bond donors (Lipinski definition) is 4. The molecule has 10 nitrogen and oxygen atoms in total. The number of carboxylic acid groups (broad SMARTS) is 1. The maximum atomic E-state index is 12.4. The number of oxime groups is 1. The lowest BCUT2D eigenvalue weighted by Crippen LogP contribution is -2.71. The third-order valence-corrected chi connectivity index (χ3v) is 6.72. The van der Waals surface area contributed by atoms with Crippen LogP contribution in [-0.4, -0.2) is 67.1 Å². The molecule has 13 heteroatoms. The minimum Gasteiger partial charge on any atom is -0.477 e. The van der Waals surface area contributed by atoms with Gasteiger partial charge in [0.25, 0.3) is 11.8 Å². The van der Waals surface area contributed by atoms with Crippen LogP contribution in [0.3, 0.4) is 0 Å². The number of hydrogen-bond acceptors (Lipinski definition) is 10. The first kappa shape index (κ1) is 18.5. The van der Waals surface area contributed by atoms with E-state index in [0.717, 1.165) is 11.3 Å². The van der Waals surface area contributed by atoms with Crippen molar-refractivity contribution >= 4 is 63.5 Å². The van der Waals surface area contributed by atoms with Gasteiger partial charge in [-0.15, -0.1) is 34.9 Å². The Labute approximate surface area is 159 Å². The molecular weight excluding hydrogens is 402 g/mol. The fraction of sp³-hybridized carbons (Fsp3) is 0.308. The van der Waals surface area contributed by atoms with E-state index in [0.29, 0.717) is 10.7 Å². The molecule has 1 saturated heterocycles. The van der Waals surface area contributed by atoms with Gasteiger partial charge < -0.3 is 21.4 Å². The number of nitrogens with two attached hydrogens (primary N) is 1. The molecule has 0 bridgehead atoms. The van der Waals surface area contributed by atoms with Crippen LogP contribution in [0, 0.1) is 0 Å². The van der Waals surface area contributed by atoms with Gasteiger partial charge in [0.1, 0.15) is 22.8 Å². The van der Waals surface area contributed by atoms with E-state index in [9.17, 15) is 19.5 Å². The molecule has 0 aliphatic carbocycles. The maximum Gasteiger partial charge on any atom is 0.353 e. The third-order valence-electron chi connectivity index (χ3n) is 3.75. The zero-order valence-corrected chi connectivity index (χ0v) is 15.7. The number of aromatic nitrogens is 1. The first-order valence-electron chi connectivity index (χ1n) is 7.08. The van der Waals surface area contributed by atoms with Crippen LogP contribution >= 0.6 is 34.9 Å². The van der Waals surface area contributed by atoms with E-state index in [1.807, 2.05) is 0 Å². The molecule has 5 N–H and O–H groups in total. The topological polar surface area (TPSA) is 158 Å². The summed E-state index contributed by atoms with van der Waals surface area (Å²) in [5, 5.41) is 25.0. The predicted molar refractivity (Wildman–Crippen MR) is 98.0 cm³/mol. The van der Waals surface area contributed by atoms with Gasteiger partial charge >= 0.3 is 5.97 Å². The average Bonchev–Trinajstić information content (AvgIpc) is 3.04. The number of fused-ring (bicyclic) bond motifs is 1. The molecule has 0 radical (unpaired) electrons. The fourth-order valence-corrected chi connectivity index (χ4v) is 5.36. The fourth-order valence-electron chi connectivity index (χ4n) is 2.57. The molecule has 138 valence electrons. The van der Waals surface area contributed by atoms with Crippen LogP contribution in [0.25, 0.3) is 0 Å². The van der Waals surface area contributed by atoms with Gasteiger partial charge in [-0.2, -0.15) is 0 Å². The number of rotatable bonds is 5. The van der Waals surface area contributed by atoms with Crippen LogP contribution in [-0.2, 0) is 14.4 Å². The Bertz CT molecular complexity index is 851. The van der Waals surface area contributed by atoms with Gasteiger partial charge in [-0.05, 0) is 6.26 Å². The number of nitrogens with one attached hydrogen (secondary N) is 1. The molecule has 0 unspecified atom stereocenters. The third kappa shape index (κ3) is 3.01. The lowest BCUT2D eigenvalue weighted by molar-refractivity contribution is -0.150. The van der Waals surface area contributed by atoms with Gasteiger partial charge in [0.15, 0.2) is 10.8 Å². The van der Waals surface area contributed by atoms with Crippen LogP contribution in [0.1, 0.15) is 5.69 Å². The lowest BCUT2D eigenvalue weighted by Gasteiger charge is -2.49. The molecular formula is C13H13N5O5S3. The van der Waals surface area contributed by atoms with Crippen molar-refractivity contribution in [3.63, 3.8) is 0 Å². The summed E-state index contributed by atoms with van der Waals surface area (Å²) in [6.45, 7) is 0. The standard InChI is InChI=1S/C13H13N5O5S3/c1-24-5-3-25-11-7(10(20)18(11)8(5)12(21)22)16-9(19)6(17-23)4-2-26-13(14)15-4/h2,7,11,23H,3H2,1H3,(H2,14,15)(H,16,19)(H,21,22)/b17-6-/t7-,11-/m1/s1. The van der Waals surface area contributed by atoms with E-state index in [2.05, 4.69) is 15.5 Å². The Morgan fingerprint density at radius 2 is 2.27 bits per heavy atom. The summed E-state index contributed by atoms with van der Waals surface area (Å²) < 4.78 is 0. The van der Waals surface area contributed by atoms with Crippen LogP contribution in [0.15, 0.2) is 21.1 Å². The van der Waals surface area contributed by atoms with Crippen molar-refractivity contribution in [2.24, 2.45) is 5.16 Å². The van der Waals surface area contributed by atoms with E-state index in [1.54, 1.807) is 6.26 Å². The largest absolute Gasteiger partial charge is 0.477 e. The zero-order chi connectivity index (χ0) is 19.0. The molecule has 1 aromatic rings. The SMILES string of the molecule is CSC1=C(C(=O)O)N2C(=O)[C@@H](NC(=O)/C(=N\O)c3csc(N)n3)[C@H]2SC1. The molecule has 2 atom stereocenters. The van der Waals surface area contributed by atoms with Crippen molar-refractivity contribution in [3.8, 4) is 0 Å². The molecule has 2 aliphatic heterocycles. The van der Waals surface area contributed by atoms with Crippen molar-refractivity contribution in [2.45, 2.75) is 11.4 Å². The molecule has 2 amide bonds. The van der Waals surface area contributed by atoms with Crippen LogP contribution in [0.5, 0.6) is 0 Å². The molecule has 0 aromatic carbocycles. The number of carbonyl (C=O) groups excluding carboxylic acids is 2. The Morgan fingerprint density at radius 1 is 1.54 bits per heavy atom. The molecule has 0 saturated carbocycles. The van der Waals surface area contributed by atoms with Gasteiger partial charge in [-0.25, -0.2) is 9.78 Å². The predicted octanol–water partition coefficient (Wildman–Crippen LogP) is -0.0373. The Balaban J connectivity index is 1.77. The second kappa shape index (κ2) is 7.17. The molecule has 26 heavy (non-hydrogen) atoms. The normalized spacial score (nSPS) is 22.7. The lowest BCUT2D eigenvalue weighted by atomic mass is 10.0. The van der Waals surface area contributed by atoms with Crippen molar-refractivity contribution in [2.75, 3.05) is 17.7 Å². The molecule has 3 rings (SSSR count). The Morgan fingerprint density at radius 3 is 2.81 bits per heavy atom. The summed E-state index contributed by atoms with van der Waals surface area (Å²) >= 11 is 3.70. The number of amides is 2. The molecule has 2 aliphatic rings. The number of thioether (sulfide) groups is 2. The number of nitrogen functional groups attached to an aromatic ring is 1. The van der Waals surface area contributed by atoms with E-state index < -0.39 is 29.2 Å². The van der Waals surface area contributed by atoms with Crippen molar-refractivity contribution in [3.05, 3.63) is 21.7 Å². The quantitative estimate of drug-likeness (QED) is 0.224. The highest BCUT2D eigenvalue weighted by Crippen LogP contribution is 2.42. The van der Waals surface area contributed by atoms with Gasteiger partial charge in [0.2, 0.25) is 0 Å². The minimum absolute atomic E-state index is 0.0555. The van der Waals surface area contributed by atoms with Crippen molar-refractivity contribution in [1.29, 1.82) is 0 Å². The molecule has 0 spiro atoms. The number of aliphatic carboxylic acids is 1. The number of carbonyl (C=O) groups is 3. The van der Waals surface area contributed by atoms with Crippen molar-refractivity contribution in [1.82, 2.24) is 15.2 Å². The second-order valence-electron chi connectivity index (χ2n) is 5.16. The van der Waals surface area contributed by atoms with Crippen LogP contribution in [0.4, 0.5) is 5.13 Å². The monoisotopic (exact) mass is 415 g/mol. The average molecular weight is 415 g/mol. The number of carboxylic acids is 1. The summed E-state index contributed by atoms with van der Waals surface area (Å²) in [6, 6.07) is -0.919. The van der Waals surface area contributed by atoms with Crippen molar-refractivity contribution < 1.29 is 24.7 Å². The summed E-state index contributed by atoms with van der Waals surface area (Å²) in [5.74, 6) is -2.09. The van der Waals surface area contributed by atoms with Crippen LogP contribution in [0.2, 0.25) is 0 Å². The van der Waals surface area contributed by atoms with E-state index in [1.165, 1.54) is 33.8 Å². The first-order chi connectivity index (χ1) is 12.4. The molecule has 1 fully saturated rings. The zero-order valence-electron chi connectivity index (χ0n) is 13.2. The van der Waals surface area contributed by atoms with Gasteiger partial charge in [0.05, 0.1) is 0 Å². The summed E-state index contributed by atoms with van der Waals surface area (Å²) in [7, 11) is 0. The van der Waals surface area contributed by atoms with E-state index >= 15 is 0 Å². The molecule has 3 heterocycles. The van der Waals surface area contributed by atoms with E-state index in [4.69, 9.17) is 10.9 Å². The van der Waals surface area contributed by atoms with Crippen LogP contribution < -0.4 is 11.1 Å². The second-order valence-corrected chi connectivity index (χ2v) is 8.06. The van der Waals surface area contributed by atoms with Gasteiger partial charge in [0, 0.05) is 16.0 Å². The van der Waals surface area contributed by atoms with E-state index in [-0.39, 0.29) is 22.2 Å². The van der Waals surface area contributed by atoms with Gasteiger partial charge in [-0.3, -0.25) is 14.5 Å². The number of β-lactam (4-membered cyclic amide) rings is 1. The molecule has 1 aromatic heterocycles. The first-order valence-corrected chi connectivity index (χ1v) is 10.2. The summed E-state index contributed by atoms with van der Waals surface area (Å²) in [4.78, 5) is 41.9. The minimum atomic E-state index is -1.19. The Hall–Kier alpha value is -2.25. The number of nitrogens with zero attached hydrogens (tertiary/aromatic N) is 3. The highest BCUT2D eigenvalue weighted by Gasteiger charge is 2.54. The number of thiazole rings is 1. The highest BCUT2D eigenvalue weighted by atomic mass is 32.2. The maximum absolute atomic E-state index is 12.4. The van der Waals surface area contributed by atoms with Gasteiger partial charge in [-0.1, -0.05) is 5.16 Å². The summed E-state index contributed by atoms with van der Waals surface area (Å²) in [5.41, 5.74) is 5.16. The summed E-state index contributed by atoms with van der Waals surface area (Å²) in [6.07, 6.45) is 1.74.